The molecular formula is C13H16BrN3S2. The number of benzene rings is 1. The Labute approximate surface area is 130 Å². The van der Waals surface area contributed by atoms with Gasteiger partial charge in [-0.15, -0.1) is 23.1 Å². The lowest BCUT2D eigenvalue weighted by Gasteiger charge is -2.14. The van der Waals surface area contributed by atoms with Gasteiger partial charge < -0.3 is 0 Å². The maximum atomic E-state index is 5.63. The molecule has 3 nitrogen and oxygen atoms in total. The first-order valence-corrected chi connectivity index (χ1v) is 8.59. The molecule has 1 aromatic heterocycles. The zero-order valence-electron chi connectivity index (χ0n) is 10.6. The first-order valence-electron chi connectivity index (χ1n) is 5.93. The van der Waals surface area contributed by atoms with Crippen molar-refractivity contribution in [2.75, 3.05) is 5.75 Å². The second-order valence-corrected chi connectivity index (χ2v) is 7.05. The standard InChI is InChI=1S/C13H16BrN3S2/c1-9-7-19-13(16-9)6-10(17-15)8-18-12-5-3-2-4-11(12)14/h2-5,7,10,17H,6,8,15H2,1H3. The summed E-state index contributed by atoms with van der Waals surface area (Å²) in [7, 11) is 0. The second kappa shape index (κ2) is 7.40. The van der Waals surface area contributed by atoms with Crippen molar-refractivity contribution in [3.05, 3.63) is 44.8 Å². The van der Waals surface area contributed by atoms with Gasteiger partial charge in [0.25, 0.3) is 0 Å². The molecule has 1 heterocycles. The number of hydrazine groups is 1. The largest absolute Gasteiger partial charge is 0.271 e. The lowest BCUT2D eigenvalue weighted by Crippen LogP contribution is -2.38. The Bertz CT molecular complexity index is 530. The van der Waals surface area contributed by atoms with Gasteiger partial charge in [0.2, 0.25) is 0 Å². The summed E-state index contributed by atoms with van der Waals surface area (Å²) < 4.78 is 1.13. The summed E-state index contributed by atoms with van der Waals surface area (Å²) in [4.78, 5) is 5.71. The van der Waals surface area contributed by atoms with Crippen LogP contribution in [0.2, 0.25) is 0 Å². The molecule has 2 aromatic rings. The first kappa shape index (κ1) is 15.0. The Morgan fingerprint density at radius 3 is 2.89 bits per heavy atom. The lowest BCUT2D eigenvalue weighted by atomic mass is 10.2. The fraction of sp³-hybridized carbons (Fsp3) is 0.308. The number of hydrogen-bond acceptors (Lipinski definition) is 5. The third-order valence-electron chi connectivity index (χ3n) is 2.60. The van der Waals surface area contributed by atoms with Crippen LogP contribution in [-0.2, 0) is 6.42 Å². The predicted molar refractivity (Wildman–Crippen MR) is 86.5 cm³/mol. The third-order valence-corrected chi connectivity index (χ3v) is 5.78. The zero-order valence-corrected chi connectivity index (χ0v) is 13.8. The number of halogens is 1. The smallest absolute Gasteiger partial charge is 0.0944 e. The molecule has 0 saturated carbocycles. The number of aryl methyl sites for hydroxylation is 1. The molecule has 102 valence electrons. The zero-order chi connectivity index (χ0) is 13.7. The molecule has 2 rings (SSSR count). The number of nitrogens with one attached hydrogen (secondary N) is 1. The Morgan fingerprint density at radius 1 is 1.47 bits per heavy atom. The van der Waals surface area contributed by atoms with E-state index < -0.39 is 0 Å². The van der Waals surface area contributed by atoms with E-state index in [9.17, 15) is 0 Å². The van der Waals surface area contributed by atoms with Crippen LogP contribution in [0.1, 0.15) is 10.7 Å². The van der Waals surface area contributed by atoms with Crippen LogP contribution in [0.5, 0.6) is 0 Å². The van der Waals surface area contributed by atoms with Crippen molar-refractivity contribution in [1.29, 1.82) is 0 Å². The minimum atomic E-state index is 0.225. The van der Waals surface area contributed by atoms with Crippen LogP contribution in [0.15, 0.2) is 39.0 Å². The average Bonchev–Trinajstić information content (AvgIpc) is 2.81. The highest BCUT2D eigenvalue weighted by atomic mass is 79.9. The molecular weight excluding hydrogens is 342 g/mol. The Balaban J connectivity index is 1.91. The molecule has 1 atom stereocenters. The van der Waals surface area contributed by atoms with Crippen LogP contribution in [-0.4, -0.2) is 16.8 Å². The summed E-state index contributed by atoms with van der Waals surface area (Å²) in [5, 5.41) is 3.21. The van der Waals surface area contributed by atoms with E-state index in [4.69, 9.17) is 5.84 Å². The molecule has 0 fully saturated rings. The molecule has 6 heteroatoms. The van der Waals surface area contributed by atoms with E-state index >= 15 is 0 Å². The molecule has 0 saturated heterocycles. The van der Waals surface area contributed by atoms with E-state index in [2.05, 4.69) is 43.9 Å². The summed E-state index contributed by atoms with van der Waals surface area (Å²) in [6.45, 7) is 2.01. The van der Waals surface area contributed by atoms with E-state index in [1.807, 2.05) is 19.1 Å². The topological polar surface area (TPSA) is 50.9 Å². The minimum Gasteiger partial charge on any atom is -0.271 e. The van der Waals surface area contributed by atoms with Crippen LogP contribution in [0.25, 0.3) is 0 Å². The summed E-state index contributed by atoms with van der Waals surface area (Å²) in [5.41, 5.74) is 3.96. The highest BCUT2D eigenvalue weighted by Gasteiger charge is 2.11. The van der Waals surface area contributed by atoms with E-state index in [0.29, 0.717) is 0 Å². The molecule has 0 aliphatic carbocycles. The number of nitrogens with zero attached hydrogens (tertiary/aromatic N) is 1. The van der Waals surface area contributed by atoms with Crippen LogP contribution >= 0.6 is 39.0 Å². The van der Waals surface area contributed by atoms with Gasteiger partial charge in [0, 0.05) is 38.7 Å². The molecule has 0 amide bonds. The number of hydrogen-bond donors (Lipinski definition) is 2. The molecule has 0 bridgehead atoms. The Kier molecular flexibility index (Phi) is 5.84. The summed E-state index contributed by atoms with van der Waals surface area (Å²) in [6.07, 6.45) is 0.868. The van der Waals surface area contributed by atoms with E-state index in [1.54, 1.807) is 23.1 Å². The van der Waals surface area contributed by atoms with Crippen molar-refractivity contribution in [3.8, 4) is 0 Å². The summed E-state index contributed by atoms with van der Waals surface area (Å²) >= 11 is 7.04. The van der Waals surface area contributed by atoms with E-state index in [1.165, 1.54) is 4.90 Å². The van der Waals surface area contributed by atoms with Gasteiger partial charge in [-0.3, -0.25) is 11.3 Å². The molecule has 19 heavy (non-hydrogen) atoms. The van der Waals surface area contributed by atoms with Crippen molar-refractivity contribution in [2.45, 2.75) is 24.3 Å². The fourth-order valence-electron chi connectivity index (χ4n) is 1.63. The SMILES string of the molecule is Cc1csc(CC(CSc2ccccc2Br)NN)n1. The monoisotopic (exact) mass is 357 g/mol. The second-order valence-electron chi connectivity index (χ2n) is 4.19. The maximum absolute atomic E-state index is 5.63. The van der Waals surface area contributed by atoms with Crippen LogP contribution < -0.4 is 11.3 Å². The maximum Gasteiger partial charge on any atom is 0.0944 e. The van der Waals surface area contributed by atoms with Gasteiger partial charge in [-0.25, -0.2) is 4.98 Å². The van der Waals surface area contributed by atoms with Gasteiger partial charge in [0.05, 0.1) is 5.01 Å². The highest BCUT2D eigenvalue weighted by Crippen LogP contribution is 2.27. The van der Waals surface area contributed by atoms with Gasteiger partial charge in [0.1, 0.15) is 0 Å². The lowest BCUT2D eigenvalue weighted by molar-refractivity contribution is 0.574. The number of nitrogens with two attached hydrogens (primary N) is 1. The highest BCUT2D eigenvalue weighted by molar-refractivity contribution is 9.10. The summed E-state index contributed by atoms with van der Waals surface area (Å²) in [6, 6.07) is 8.45. The molecule has 1 aromatic carbocycles. The van der Waals surface area contributed by atoms with Gasteiger partial charge >= 0.3 is 0 Å². The van der Waals surface area contributed by atoms with Crippen molar-refractivity contribution >= 4 is 39.0 Å². The van der Waals surface area contributed by atoms with Crippen molar-refractivity contribution in [3.63, 3.8) is 0 Å². The molecule has 1 unspecified atom stereocenters. The number of thiazole rings is 1. The van der Waals surface area contributed by atoms with Gasteiger partial charge in [-0.1, -0.05) is 12.1 Å². The van der Waals surface area contributed by atoms with Gasteiger partial charge in [0.15, 0.2) is 0 Å². The molecule has 0 aliphatic rings. The Morgan fingerprint density at radius 2 is 2.26 bits per heavy atom. The van der Waals surface area contributed by atoms with Crippen molar-refractivity contribution < 1.29 is 0 Å². The van der Waals surface area contributed by atoms with Crippen LogP contribution in [0.3, 0.4) is 0 Å². The van der Waals surface area contributed by atoms with Gasteiger partial charge in [-0.2, -0.15) is 0 Å². The molecule has 0 aliphatic heterocycles. The average molecular weight is 358 g/mol. The van der Waals surface area contributed by atoms with Crippen LogP contribution in [0, 0.1) is 6.92 Å². The van der Waals surface area contributed by atoms with Crippen LogP contribution in [0.4, 0.5) is 0 Å². The third kappa shape index (κ3) is 4.57. The fourth-order valence-corrected chi connectivity index (χ4v) is 4.08. The number of aromatic nitrogens is 1. The van der Waals surface area contributed by atoms with E-state index in [-0.39, 0.29) is 6.04 Å². The van der Waals surface area contributed by atoms with Crippen molar-refractivity contribution in [1.82, 2.24) is 10.4 Å². The quantitative estimate of drug-likeness (QED) is 0.472. The molecule has 3 N–H and O–H groups in total. The number of thioether (sulfide) groups is 1. The Hall–Kier alpha value is -0.400. The predicted octanol–water partition coefficient (Wildman–Crippen LogP) is 3.38. The van der Waals surface area contributed by atoms with Gasteiger partial charge in [-0.05, 0) is 35.0 Å². The molecule has 0 radical (unpaired) electrons. The first-order chi connectivity index (χ1) is 9.19. The van der Waals surface area contributed by atoms with E-state index in [0.717, 1.165) is 27.3 Å². The van der Waals surface area contributed by atoms with Crippen molar-refractivity contribution in [2.24, 2.45) is 5.84 Å². The molecule has 0 spiro atoms. The normalized spacial score (nSPS) is 12.6. The summed E-state index contributed by atoms with van der Waals surface area (Å²) in [5.74, 6) is 6.55. The minimum absolute atomic E-state index is 0.225. The number of rotatable bonds is 6.